The van der Waals surface area contributed by atoms with Crippen LogP contribution in [0.3, 0.4) is 0 Å². The molecule has 0 saturated carbocycles. The lowest BCUT2D eigenvalue weighted by Gasteiger charge is -2.34. The van der Waals surface area contributed by atoms with Crippen LogP contribution >= 0.6 is 0 Å². The highest BCUT2D eigenvalue weighted by atomic mass is 16.1. The SMILES string of the molecule is Cc1nccnc1CN1CCN(CCn2nc(-c3cccnc3)ccc2=O)CC1. The van der Waals surface area contributed by atoms with Crippen LogP contribution in [0.15, 0.2) is 53.8 Å². The van der Waals surface area contributed by atoms with Gasteiger partial charge in [0.2, 0.25) is 0 Å². The van der Waals surface area contributed by atoms with Gasteiger partial charge in [0, 0.05) is 75.7 Å². The molecule has 4 heterocycles. The van der Waals surface area contributed by atoms with Gasteiger partial charge in [0.05, 0.1) is 23.6 Å². The maximum atomic E-state index is 12.2. The molecule has 1 fully saturated rings. The third kappa shape index (κ3) is 4.90. The Bertz CT molecular complexity index is 997. The van der Waals surface area contributed by atoms with E-state index in [1.165, 1.54) is 0 Å². The van der Waals surface area contributed by atoms with Gasteiger partial charge in [-0.2, -0.15) is 5.10 Å². The van der Waals surface area contributed by atoms with Gasteiger partial charge in [-0.3, -0.25) is 29.5 Å². The first-order chi connectivity index (χ1) is 14.2. The largest absolute Gasteiger partial charge is 0.299 e. The number of hydrogen-bond donors (Lipinski definition) is 0. The predicted octanol–water partition coefficient (Wildman–Crippen LogP) is 1.22. The summed E-state index contributed by atoms with van der Waals surface area (Å²) < 4.78 is 1.55. The highest BCUT2D eigenvalue weighted by Gasteiger charge is 2.18. The van der Waals surface area contributed by atoms with Crippen molar-refractivity contribution >= 4 is 0 Å². The molecule has 0 amide bonds. The molecule has 4 rings (SSSR count). The van der Waals surface area contributed by atoms with Gasteiger partial charge >= 0.3 is 0 Å². The Balaban J connectivity index is 1.32. The predicted molar refractivity (Wildman–Crippen MR) is 110 cm³/mol. The summed E-state index contributed by atoms with van der Waals surface area (Å²) in [5.41, 5.74) is 3.64. The van der Waals surface area contributed by atoms with Gasteiger partial charge in [-0.1, -0.05) is 0 Å². The molecule has 3 aromatic rings. The van der Waals surface area contributed by atoms with Crippen molar-refractivity contribution in [3.8, 4) is 11.3 Å². The van der Waals surface area contributed by atoms with Crippen molar-refractivity contribution < 1.29 is 0 Å². The first-order valence-corrected chi connectivity index (χ1v) is 9.89. The Morgan fingerprint density at radius 3 is 2.48 bits per heavy atom. The number of nitrogens with zero attached hydrogens (tertiary/aromatic N) is 7. The fraction of sp³-hybridized carbons (Fsp3) is 0.381. The number of piperazine rings is 1. The second-order valence-electron chi connectivity index (χ2n) is 7.23. The molecule has 0 atom stereocenters. The number of pyridine rings is 1. The van der Waals surface area contributed by atoms with Gasteiger partial charge in [0.25, 0.3) is 5.56 Å². The molecule has 0 spiro atoms. The number of aromatic nitrogens is 5. The summed E-state index contributed by atoms with van der Waals surface area (Å²) >= 11 is 0. The number of hydrogen-bond acceptors (Lipinski definition) is 7. The summed E-state index contributed by atoms with van der Waals surface area (Å²) in [6.07, 6.45) is 6.97. The summed E-state index contributed by atoms with van der Waals surface area (Å²) in [5.74, 6) is 0. The third-order valence-electron chi connectivity index (χ3n) is 5.27. The maximum absolute atomic E-state index is 12.2. The average Bonchev–Trinajstić information content (AvgIpc) is 2.76. The lowest BCUT2D eigenvalue weighted by Crippen LogP contribution is -2.47. The van der Waals surface area contributed by atoms with E-state index in [1.807, 2.05) is 19.1 Å². The Kier molecular flexibility index (Phi) is 6.02. The van der Waals surface area contributed by atoms with E-state index in [4.69, 9.17) is 0 Å². The minimum atomic E-state index is -0.0746. The molecule has 29 heavy (non-hydrogen) atoms. The van der Waals surface area contributed by atoms with Crippen LogP contribution in [-0.4, -0.2) is 67.3 Å². The van der Waals surface area contributed by atoms with Crippen LogP contribution in [0.1, 0.15) is 11.4 Å². The van der Waals surface area contributed by atoms with E-state index < -0.39 is 0 Å². The lowest BCUT2D eigenvalue weighted by atomic mass is 10.2. The van der Waals surface area contributed by atoms with Crippen LogP contribution in [0.5, 0.6) is 0 Å². The topological polar surface area (TPSA) is 80.0 Å². The number of aryl methyl sites for hydroxylation is 1. The summed E-state index contributed by atoms with van der Waals surface area (Å²) in [7, 11) is 0. The molecule has 0 unspecified atom stereocenters. The normalized spacial score (nSPS) is 15.5. The van der Waals surface area contributed by atoms with Crippen molar-refractivity contribution in [2.24, 2.45) is 0 Å². The van der Waals surface area contributed by atoms with Crippen molar-refractivity contribution in [2.45, 2.75) is 20.0 Å². The molecular weight excluding hydrogens is 366 g/mol. The molecule has 0 radical (unpaired) electrons. The van der Waals surface area contributed by atoms with Gasteiger partial charge in [0.1, 0.15) is 0 Å². The van der Waals surface area contributed by atoms with E-state index in [-0.39, 0.29) is 5.56 Å². The Morgan fingerprint density at radius 2 is 1.72 bits per heavy atom. The van der Waals surface area contributed by atoms with E-state index in [0.717, 1.165) is 61.9 Å². The number of rotatable bonds is 6. The molecule has 150 valence electrons. The van der Waals surface area contributed by atoms with Gasteiger partial charge in [-0.15, -0.1) is 0 Å². The summed E-state index contributed by atoms with van der Waals surface area (Å²) in [4.78, 5) is 29.9. The monoisotopic (exact) mass is 391 g/mol. The average molecular weight is 391 g/mol. The van der Waals surface area contributed by atoms with Crippen molar-refractivity contribution in [3.63, 3.8) is 0 Å². The minimum Gasteiger partial charge on any atom is -0.299 e. The highest BCUT2D eigenvalue weighted by Crippen LogP contribution is 2.13. The molecule has 8 nitrogen and oxygen atoms in total. The van der Waals surface area contributed by atoms with Crippen LogP contribution in [0.2, 0.25) is 0 Å². The molecule has 0 aromatic carbocycles. The molecule has 0 bridgehead atoms. The quantitative estimate of drug-likeness (QED) is 0.625. The Labute approximate surface area is 169 Å². The molecule has 1 saturated heterocycles. The Morgan fingerprint density at radius 1 is 0.931 bits per heavy atom. The van der Waals surface area contributed by atoms with Crippen LogP contribution in [0, 0.1) is 6.92 Å². The minimum absolute atomic E-state index is 0.0746. The molecule has 0 N–H and O–H groups in total. The second kappa shape index (κ2) is 9.02. The summed E-state index contributed by atoms with van der Waals surface area (Å²) in [6, 6.07) is 7.15. The molecule has 3 aromatic heterocycles. The zero-order valence-electron chi connectivity index (χ0n) is 16.6. The molecular formula is C21H25N7O. The highest BCUT2D eigenvalue weighted by molar-refractivity contribution is 5.56. The Hall–Kier alpha value is -2.97. The first-order valence-electron chi connectivity index (χ1n) is 9.89. The van der Waals surface area contributed by atoms with Crippen molar-refractivity contribution in [1.82, 2.24) is 34.5 Å². The van der Waals surface area contributed by atoms with Crippen LogP contribution < -0.4 is 5.56 Å². The van der Waals surface area contributed by atoms with Gasteiger partial charge in [-0.25, -0.2) is 4.68 Å². The van der Waals surface area contributed by atoms with E-state index in [9.17, 15) is 4.79 Å². The molecule has 1 aliphatic rings. The molecule has 8 heteroatoms. The standard InChI is InChI=1S/C21H25N7O/c1-17-20(24-8-7-23-17)16-27-11-9-26(10-12-27)13-14-28-21(29)5-4-19(25-28)18-3-2-6-22-15-18/h2-8,15H,9-14,16H2,1H3. The molecule has 0 aliphatic carbocycles. The maximum Gasteiger partial charge on any atom is 0.266 e. The van der Waals surface area contributed by atoms with Crippen LogP contribution in [0.25, 0.3) is 11.3 Å². The van der Waals surface area contributed by atoms with E-state index in [2.05, 4.69) is 29.9 Å². The van der Waals surface area contributed by atoms with Crippen LogP contribution in [-0.2, 0) is 13.1 Å². The van der Waals surface area contributed by atoms with Gasteiger partial charge in [0.15, 0.2) is 0 Å². The van der Waals surface area contributed by atoms with Crippen molar-refractivity contribution in [1.29, 1.82) is 0 Å². The van der Waals surface area contributed by atoms with Gasteiger partial charge in [-0.05, 0) is 25.1 Å². The summed E-state index contributed by atoms with van der Waals surface area (Å²) in [5, 5.41) is 4.52. The smallest absolute Gasteiger partial charge is 0.266 e. The summed E-state index contributed by atoms with van der Waals surface area (Å²) in [6.45, 7) is 8.12. The fourth-order valence-corrected chi connectivity index (χ4v) is 3.49. The zero-order chi connectivity index (χ0) is 20.1. The van der Waals surface area contributed by atoms with E-state index in [1.54, 1.807) is 41.6 Å². The fourth-order valence-electron chi connectivity index (χ4n) is 3.49. The second-order valence-corrected chi connectivity index (χ2v) is 7.23. The third-order valence-corrected chi connectivity index (χ3v) is 5.27. The van der Waals surface area contributed by atoms with Crippen LogP contribution in [0.4, 0.5) is 0 Å². The lowest BCUT2D eigenvalue weighted by molar-refractivity contribution is 0.121. The van der Waals surface area contributed by atoms with Crippen molar-refractivity contribution in [3.05, 3.63) is 70.8 Å². The molecule has 1 aliphatic heterocycles. The van der Waals surface area contributed by atoms with E-state index in [0.29, 0.717) is 6.54 Å². The first kappa shape index (κ1) is 19.4. The van der Waals surface area contributed by atoms with Crippen molar-refractivity contribution in [2.75, 3.05) is 32.7 Å². The van der Waals surface area contributed by atoms with E-state index >= 15 is 0 Å². The zero-order valence-corrected chi connectivity index (χ0v) is 16.6. The van der Waals surface area contributed by atoms with Gasteiger partial charge < -0.3 is 0 Å².